The minimum Gasteiger partial charge on any atom is -0.436 e. The van der Waals surface area contributed by atoms with Crippen LogP contribution in [0.5, 0.6) is 0 Å². The quantitative estimate of drug-likeness (QED) is 0.489. The van der Waals surface area contributed by atoms with E-state index in [0.717, 1.165) is 6.20 Å². The average molecular weight is 288 g/mol. The van der Waals surface area contributed by atoms with Crippen LogP contribution in [0, 0.1) is 5.82 Å². The largest absolute Gasteiger partial charge is 0.436 e. The third-order valence-corrected chi connectivity index (χ3v) is 2.61. The highest BCUT2D eigenvalue weighted by molar-refractivity contribution is 6.33. The summed E-state index contributed by atoms with van der Waals surface area (Å²) >= 11 is 5.81. The first-order valence-corrected chi connectivity index (χ1v) is 5.80. The molecular formula is C11H11ClFN3O3. The molecule has 0 saturated heterocycles. The summed E-state index contributed by atoms with van der Waals surface area (Å²) in [7, 11) is 0. The van der Waals surface area contributed by atoms with Crippen molar-refractivity contribution < 1.29 is 18.7 Å². The summed E-state index contributed by atoms with van der Waals surface area (Å²) in [6.07, 6.45) is 1.65. The maximum absolute atomic E-state index is 13.7. The summed E-state index contributed by atoms with van der Waals surface area (Å²) in [4.78, 5) is 18.3. The van der Waals surface area contributed by atoms with Crippen molar-refractivity contribution in [3.05, 3.63) is 23.5 Å². The van der Waals surface area contributed by atoms with E-state index in [0.29, 0.717) is 0 Å². The second kappa shape index (κ2) is 5.50. The molecule has 1 unspecified atom stereocenters. The number of fused-ring (bicyclic) bond motifs is 1. The zero-order valence-corrected chi connectivity index (χ0v) is 11.0. The van der Waals surface area contributed by atoms with Crippen LogP contribution < -0.4 is 0 Å². The lowest BCUT2D eigenvalue weighted by Gasteiger charge is -2.13. The molecule has 2 rings (SSSR count). The number of carbonyl (C=O) groups is 1. The smallest absolute Gasteiger partial charge is 0.304 e. The number of ether oxygens (including phenoxy) is 2. The number of rotatable bonds is 4. The van der Waals surface area contributed by atoms with Crippen LogP contribution in [0.25, 0.3) is 11.0 Å². The molecule has 6 nitrogen and oxygen atoms in total. The topological polar surface area (TPSA) is 66.2 Å². The van der Waals surface area contributed by atoms with Crippen molar-refractivity contribution in [1.82, 2.24) is 14.5 Å². The van der Waals surface area contributed by atoms with E-state index in [9.17, 15) is 9.18 Å². The fraction of sp³-hybridized carbons (Fsp3) is 0.364. The van der Waals surface area contributed by atoms with Gasteiger partial charge in [-0.15, -0.1) is 0 Å². The van der Waals surface area contributed by atoms with Gasteiger partial charge in [-0.1, -0.05) is 11.6 Å². The highest BCUT2D eigenvalue weighted by Gasteiger charge is 2.13. The van der Waals surface area contributed by atoms with Crippen LogP contribution in [0.3, 0.4) is 0 Å². The van der Waals surface area contributed by atoms with Crippen molar-refractivity contribution >= 4 is 28.6 Å². The van der Waals surface area contributed by atoms with Gasteiger partial charge in [-0.2, -0.15) is 0 Å². The maximum Gasteiger partial charge on any atom is 0.304 e. The summed E-state index contributed by atoms with van der Waals surface area (Å²) < 4.78 is 25.1. The number of nitrogens with zero attached hydrogens (tertiary/aromatic N) is 3. The highest BCUT2D eigenvalue weighted by atomic mass is 35.5. The van der Waals surface area contributed by atoms with Crippen molar-refractivity contribution in [2.75, 3.05) is 0 Å². The van der Waals surface area contributed by atoms with Gasteiger partial charge in [0.15, 0.2) is 11.0 Å². The fourth-order valence-electron chi connectivity index (χ4n) is 1.57. The van der Waals surface area contributed by atoms with Gasteiger partial charge in [-0.25, -0.2) is 14.4 Å². The fourth-order valence-corrected chi connectivity index (χ4v) is 1.76. The predicted octanol–water partition coefficient (Wildman–Crippen LogP) is 2.11. The lowest BCUT2D eigenvalue weighted by Crippen LogP contribution is -2.17. The standard InChI is InChI=1S/C11H11ClFN3O3/c1-6(17)19-7(2)18-5-16-4-15-9-10(16)8(13)3-14-11(9)12/h3-4,7H,5H2,1-2H3. The van der Waals surface area contributed by atoms with Crippen LogP contribution in [0.2, 0.25) is 5.15 Å². The van der Waals surface area contributed by atoms with Crippen LogP contribution in [0.15, 0.2) is 12.5 Å². The van der Waals surface area contributed by atoms with Gasteiger partial charge < -0.3 is 14.0 Å². The van der Waals surface area contributed by atoms with E-state index in [1.807, 2.05) is 0 Å². The van der Waals surface area contributed by atoms with Gasteiger partial charge in [-0.05, 0) is 6.92 Å². The second-order valence-electron chi connectivity index (χ2n) is 3.78. The SMILES string of the molecule is CC(=O)OC(C)OCn1cnc2c(Cl)ncc(F)c21. The molecule has 0 aromatic carbocycles. The molecule has 19 heavy (non-hydrogen) atoms. The van der Waals surface area contributed by atoms with Crippen LogP contribution in [-0.4, -0.2) is 26.8 Å². The lowest BCUT2D eigenvalue weighted by molar-refractivity contribution is -0.178. The van der Waals surface area contributed by atoms with Gasteiger partial charge in [0.1, 0.15) is 17.8 Å². The molecule has 0 spiro atoms. The van der Waals surface area contributed by atoms with Crippen molar-refractivity contribution in [3.63, 3.8) is 0 Å². The number of pyridine rings is 1. The Kier molecular flexibility index (Phi) is 3.96. The minimum atomic E-state index is -0.740. The van der Waals surface area contributed by atoms with Gasteiger partial charge in [-0.3, -0.25) is 4.79 Å². The van der Waals surface area contributed by atoms with Crippen molar-refractivity contribution in [1.29, 1.82) is 0 Å². The highest BCUT2D eigenvalue weighted by Crippen LogP contribution is 2.22. The molecule has 0 radical (unpaired) electrons. The monoisotopic (exact) mass is 287 g/mol. The molecule has 0 aliphatic heterocycles. The van der Waals surface area contributed by atoms with Crippen molar-refractivity contribution in [3.8, 4) is 0 Å². The van der Waals surface area contributed by atoms with E-state index < -0.39 is 18.1 Å². The lowest BCUT2D eigenvalue weighted by atomic mass is 10.4. The number of imidazole rings is 1. The maximum atomic E-state index is 13.7. The van der Waals surface area contributed by atoms with E-state index in [-0.39, 0.29) is 22.9 Å². The Balaban J connectivity index is 2.18. The van der Waals surface area contributed by atoms with Gasteiger partial charge in [0, 0.05) is 6.92 Å². The zero-order valence-electron chi connectivity index (χ0n) is 10.3. The number of halogens is 2. The first kappa shape index (κ1) is 13.7. The molecule has 0 fully saturated rings. The first-order chi connectivity index (χ1) is 8.99. The third-order valence-electron chi connectivity index (χ3n) is 2.33. The van der Waals surface area contributed by atoms with E-state index in [2.05, 4.69) is 9.97 Å². The van der Waals surface area contributed by atoms with Crippen LogP contribution in [0.4, 0.5) is 4.39 Å². The number of esters is 1. The van der Waals surface area contributed by atoms with E-state index in [1.54, 1.807) is 6.92 Å². The normalized spacial score (nSPS) is 12.6. The van der Waals surface area contributed by atoms with Gasteiger partial charge in [0.2, 0.25) is 6.29 Å². The average Bonchev–Trinajstić information content (AvgIpc) is 2.75. The Morgan fingerprint density at radius 1 is 1.58 bits per heavy atom. The Hall–Kier alpha value is -1.73. The second-order valence-corrected chi connectivity index (χ2v) is 4.14. The molecule has 2 aromatic rings. The molecule has 0 bridgehead atoms. The van der Waals surface area contributed by atoms with E-state index in [1.165, 1.54) is 17.8 Å². The summed E-state index contributed by atoms with van der Waals surface area (Å²) in [5.41, 5.74) is 0.445. The Morgan fingerprint density at radius 3 is 3.00 bits per heavy atom. The van der Waals surface area contributed by atoms with Gasteiger partial charge >= 0.3 is 5.97 Å². The molecule has 2 heterocycles. The van der Waals surface area contributed by atoms with E-state index in [4.69, 9.17) is 21.1 Å². The number of carbonyl (C=O) groups excluding carboxylic acids is 1. The Morgan fingerprint density at radius 2 is 2.32 bits per heavy atom. The molecule has 102 valence electrons. The van der Waals surface area contributed by atoms with Crippen LogP contribution in [0.1, 0.15) is 13.8 Å². The van der Waals surface area contributed by atoms with Crippen molar-refractivity contribution in [2.45, 2.75) is 26.9 Å². The first-order valence-electron chi connectivity index (χ1n) is 5.42. The summed E-state index contributed by atoms with van der Waals surface area (Å²) in [5, 5.41) is 0.114. The minimum absolute atomic E-state index is 0.0256. The van der Waals surface area contributed by atoms with Crippen LogP contribution in [-0.2, 0) is 21.0 Å². The summed E-state index contributed by atoms with van der Waals surface area (Å²) in [5.74, 6) is -1.01. The number of hydrogen-bond donors (Lipinski definition) is 0. The molecule has 0 aliphatic carbocycles. The molecule has 0 saturated carbocycles. The molecule has 2 aromatic heterocycles. The van der Waals surface area contributed by atoms with Crippen LogP contribution >= 0.6 is 11.6 Å². The zero-order chi connectivity index (χ0) is 14.0. The van der Waals surface area contributed by atoms with Gasteiger partial charge in [0.05, 0.1) is 12.5 Å². The summed E-state index contributed by atoms with van der Waals surface area (Å²) in [6.45, 7) is 2.81. The number of hydrogen-bond acceptors (Lipinski definition) is 5. The molecule has 0 amide bonds. The third kappa shape index (κ3) is 2.99. The predicted molar refractivity (Wildman–Crippen MR) is 64.8 cm³/mol. The Labute approximate surface area is 113 Å². The van der Waals surface area contributed by atoms with Gasteiger partial charge in [0.25, 0.3) is 0 Å². The molecular weight excluding hydrogens is 277 g/mol. The number of aromatic nitrogens is 3. The molecule has 0 N–H and O–H groups in total. The van der Waals surface area contributed by atoms with E-state index >= 15 is 0 Å². The Bertz CT molecular complexity index is 616. The van der Waals surface area contributed by atoms with Crippen molar-refractivity contribution in [2.24, 2.45) is 0 Å². The summed E-state index contributed by atoms with van der Waals surface area (Å²) in [6, 6.07) is 0. The molecule has 8 heteroatoms. The molecule has 0 aliphatic rings. The molecule has 1 atom stereocenters.